The number of carbonyl (C=O) groups is 2. The zero-order valence-electron chi connectivity index (χ0n) is 41.6. The number of aliphatic carboxylic acids is 1. The van der Waals surface area contributed by atoms with E-state index in [0.717, 1.165) is 70.6 Å². The summed E-state index contributed by atoms with van der Waals surface area (Å²) in [5.41, 5.74) is 5.37. The highest BCUT2D eigenvalue weighted by Gasteiger charge is 2.27. The van der Waals surface area contributed by atoms with Crippen LogP contribution in [0.25, 0.3) is 0 Å². The fraction of sp³-hybridized carbons (Fsp3) is 0.778. The molecular formula is C54H98NO9P. The topological polar surface area (TPSA) is 155 Å². The van der Waals surface area contributed by atoms with Crippen LogP contribution in [0.3, 0.4) is 0 Å². The summed E-state index contributed by atoms with van der Waals surface area (Å²) in [6.07, 6.45) is 61.5. The van der Waals surface area contributed by atoms with E-state index in [1.807, 2.05) is 0 Å². The van der Waals surface area contributed by atoms with Crippen LogP contribution in [0.15, 0.2) is 60.8 Å². The number of esters is 1. The molecule has 378 valence electrons. The van der Waals surface area contributed by atoms with Crippen LogP contribution < -0.4 is 5.73 Å². The summed E-state index contributed by atoms with van der Waals surface area (Å²) in [7, 11) is -4.63. The quantitative estimate of drug-likeness (QED) is 0.0232. The van der Waals surface area contributed by atoms with Gasteiger partial charge in [-0.05, 0) is 57.8 Å². The fourth-order valence-corrected chi connectivity index (χ4v) is 8.06. The lowest BCUT2D eigenvalue weighted by atomic mass is 10.0. The first kappa shape index (κ1) is 62.7. The fourth-order valence-electron chi connectivity index (χ4n) is 7.28. The Balaban J connectivity index is 4.14. The number of nitrogens with two attached hydrogens (primary N) is 1. The van der Waals surface area contributed by atoms with Crippen LogP contribution in [0.5, 0.6) is 0 Å². The standard InChI is InChI=1S/C54H98NO9P/c1-3-5-7-9-11-13-15-17-19-21-23-24-25-26-27-29-31-33-35-37-39-41-43-45-47-61-48-51(49-62-65(59,60)63-50-52(55)54(57)58)64-53(56)46-44-42-40-38-36-34-32-30-28-22-20-18-16-14-12-10-8-6-4-2/h6,8,12,14,18,20,28,30,34,36,51-52H,3-5,7,9-11,13,15-17,19,21-27,29,31-33,35,37-50,55H2,1-2H3,(H,57,58)(H,59,60)/b8-6-,14-12-,20-18-,30-28-,36-34-. The smallest absolute Gasteiger partial charge is 0.472 e. The van der Waals surface area contributed by atoms with Crippen LogP contribution in [0.2, 0.25) is 0 Å². The molecule has 0 radical (unpaired) electrons. The van der Waals surface area contributed by atoms with Gasteiger partial charge in [0.15, 0.2) is 0 Å². The van der Waals surface area contributed by atoms with Gasteiger partial charge in [0.25, 0.3) is 0 Å². The lowest BCUT2D eigenvalue weighted by Crippen LogP contribution is -2.34. The van der Waals surface area contributed by atoms with Gasteiger partial charge in [-0.3, -0.25) is 18.6 Å². The molecule has 0 fully saturated rings. The van der Waals surface area contributed by atoms with Gasteiger partial charge in [-0.1, -0.05) is 229 Å². The molecular weight excluding hydrogens is 838 g/mol. The van der Waals surface area contributed by atoms with E-state index in [1.165, 1.54) is 135 Å². The third kappa shape index (κ3) is 49.4. The zero-order valence-corrected chi connectivity index (χ0v) is 42.5. The first-order valence-electron chi connectivity index (χ1n) is 26.3. The number of carbonyl (C=O) groups excluding carboxylic acids is 1. The number of phosphoric acid groups is 1. The van der Waals surface area contributed by atoms with Gasteiger partial charge in [0.2, 0.25) is 0 Å². The average Bonchev–Trinajstić information content (AvgIpc) is 3.29. The molecule has 3 atom stereocenters. The molecule has 10 nitrogen and oxygen atoms in total. The average molecular weight is 936 g/mol. The lowest BCUT2D eigenvalue weighted by molar-refractivity contribution is -0.154. The van der Waals surface area contributed by atoms with Gasteiger partial charge in [-0.2, -0.15) is 0 Å². The molecule has 0 aromatic rings. The second-order valence-electron chi connectivity index (χ2n) is 17.6. The third-order valence-corrected chi connectivity index (χ3v) is 12.3. The van der Waals surface area contributed by atoms with Crippen LogP contribution in [0, 0.1) is 0 Å². The Morgan fingerprint density at radius 3 is 1.32 bits per heavy atom. The summed E-state index contributed by atoms with van der Waals surface area (Å²) in [5.74, 6) is -1.81. The van der Waals surface area contributed by atoms with Crippen molar-refractivity contribution in [3.05, 3.63) is 60.8 Å². The molecule has 0 saturated heterocycles. The van der Waals surface area contributed by atoms with Gasteiger partial charge in [0.05, 0.1) is 19.8 Å². The van der Waals surface area contributed by atoms with Crippen molar-refractivity contribution in [1.29, 1.82) is 0 Å². The van der Waals surface area contributed by atoms with Crippen LogP contribution >= 0.6 is 7.82 Å². The number of rotatable bonds is 50. The van der Waals surface area contributed by atoms with E-state index < -0.39 is 45.1 Å². The number of hydrogen-bond donors (Lipinski definition) is 3. The molecule has 0 saturated carbocycles. The van der Waals surface area contributed by atoms with Gasteiger partial charge in [0.1, 0.15) is 12.1 Å². The normalized spacial score (nSPS) is 14.2. The monoisotopic (exact) mass is 936 g/mol. The highest BCUT2D eigenvalue weighted by Crippen LogP contribution is 2.43. The molecule has 11 heteroatoms. The molecule has 0 aliphatic rings. The first-order chi connectivity index (χ1) is 31.7. The number of phosphoric ester groups is 1. The van der Waals surface area contributed by atoms with Gasteiger partial charge in [0, 0.05) is 13.0 Å². The van der Waals surface area contributed by atoms with Crippen LogP contribution in [-0.2, 0) is 32.7 Å². The Kier molecular flexibility index (Phi) is 47.8. The number of carboxylic acids is 1. The van der Waals surface area contributed by atoms with Crippen molar-refractivity contribution in [1.82, 2.24) is 0 Å². The minimum absolute atomic E-state index is 0.00378. The largest absolute Gasteiger partial charge is 0.480 e. The van der Waals surface area contributed by atoms with Gasteiger partial charge in [-0.15, -0.1) is 0 Å². The van der Waals surface area contributed by atoms with Crippen molar-refractivity contribution in [3.8, 4) is 0 Å². The third-order valence-electron chi connectivity index (χ3n) is 11.3. The zero-order chi connectivity index (χ0) is 47.6. The molecule has 0 aromatic heterocycles. The minimum Gasteiger partial charge on any atom is -0.480 e. The Morgan fingerprint density at radius 1 is 0.508 bits per heavy atom. The summed E-state index contributed by atoms with van der Waals surface area (Å²) in [5, 5.41) is 8.93. The minimum atomic E-state index is -4.63. The molecule has 0 heterocycles. The maximum Gasteiger partial charge on any atom is 0.472 e. The summed E-state index contributed by atoms with van der Waals surface area (Å²) in [4.78, 5) is 33.7. The summed E-state index contributed by atoms with van der Waals surface area (Å²) >= 11 is 0. The summed E-state index contributed by atoms with van der Waals surface area (Å²) < 4.78 is 33.5. The molecule has 4 N–H and O–H groups in total. The Bertz CT molecular complexity index is 1270. The number of unbranched alkanes of at least 4 members (excludes halogenated alkanes) is 26. The second-order valence-corrected chi connectivity index (χ2v) is 19.1. The van der Waals surface area contributed by atoms with E-state index >= 15 is 0 Å². The lowest BCUT2D eigenvalue weighted by Gasteiger charge is -2.20. The molecule has 0 rings (SSSR count). The van der Waals surface area contributed by atoms with Gasteiger partial charge < -0.3 is 25.2 Å². The number of carboxylic acid groups (broad SMARTS) is 1. The van der Waals surface area contributed by atoms with Crippen molar-refractivity contribution in [3.63, 3.8) is 0 Å². The molecule has 0 spiro atoms. The maximum atomic E-state index is 12.7. The van der Waals surface area contributed by atoms with Gasteiger partial charge in [-0.25, -0.2) is 4.57 Å². The summed E-state index contributed by atoms with van der Waals surface area (Å²) in [6, 6.07) is -1.48. The molecule has 65 heavy (non-hydrogen) atoms. The van der Waals surface area contributed by atoms with E-state index in [2.05, 4.69) is 74.6 Å². The molecule has 0 amide bonds. The Hall–Kier alpha value is -2.33. The predicted molar refractivity (Wildman–Crippen MR) is 272 cm³/mol. The van der Waals surface area contributed by atoms with Crippen molar-refractivity contribution >= 4 is 19.8 Å². The highest BCUT2D eigenvalue weighted by atomic mass is 31.2. The number of ether oxygens (including phenoxy) is 2. The van der Waals surface area contributed by atoms with E-state index in [9.17, 15) is 19.0 Å². The molecule has 0 aliphatic carbocycles. The SMILES string of the molecule is CC/C=C\C/C=C\C/C=C\C/C=C\C/C=C\CCCCCC(=O)OC(COCCCCCCCCCCCCCCCCCCCCCCCCCC)COP(=O)(O)OCC(N)C(=O)O. The summed E-state index contributed by atoms with van der Waals surface area (Å²) in [6.45, 7) is 3.76. The van der Waals surface area contributed by atoms with Crippen molar-refractivity contribution < 1.29 is 42.7 Å². The van der Waals surface area contributed by atoms with Crippen LogP contribution in [0.4, 0.5) is 0 Å². The molecule has 3 unspecified atom stereocenters. The van der Waals surface area contributed by atoms with Gasteiger partial charge >= 0.3 is 19.8 Å². The molecule has 0 aliphatic heterocycles. The van der Waals surface area contributed by atoms with Crippen LogP contribution in [0.1, 0.15) is 232 Å². The van der Waals surface area contributed by atoms with Crippen molar-refractivity contribution in [2.24, 2.45) is 5.73 Å². The van der Waals surface area contributed by atoms with Crippen molar-refractivity contribution in [2.45, 2.75) is 244 Å². The van der Waals surface area contributed by atoms with E-state index in [0.29, 0.717) is 13.0 Å². The number of allylic oxidation sites excluding steroid dienone is 10. The highest BCUT2D eigenvalue weighted by molar-refractivity contribution is 7.47. The molecule has 0 bridgehead atoms. The second kappa shape index (κ2) is 49.6. The van der Waals surface area contributed by atoms with Crippen molar-refractivity contribution in [2.75, 3.05) is 26.4 Å². The Morgan fingerprint density at radius 2 is 0.892 bits per heavy atom. The number of hydrogen-bond acceptors (Lipinski definition) is 8. The van der Waals surface area contributed by atoms with Crippen LogP contribution in [-0.4, -0.2) is 60.5 Å². The van der Waals surface area contributed by atoms with E-state index in [1.54, 1.807) is 0 Å². The Labute approximate surface area is 398 Å². The molecule has 0 aromatic carbocycles. The first-order valence-corrected chi connectivity index (χ1v) is 27.8. The van der Waals surface area contributed by atoms with E-state index in [-0.39, 0.29) is 13.0 Å². The van der Waals surface area contributed by atoms with E-state index in [4.69, 9.17) is 29.4 Å². The maximum absolute atomic E-state index is 12.7. The predicted octanol–water partition coefficient (Wildman–Crippen LogP) is 15.5.